The van der Waals surface area contributed by atoms with Crippen LogP contribution in [0.4, 0.5) is 0 Å². The number of nitrogens with zero attached hydrogens (tertiary/aromatic N) is 1. The van der Waals surface area contributed by atoms with E-state index in [1.165, 1.54) is 7.11 Å². The molecular weight excluding hydrogens is 198 g/mol. The molecule has 0 fully saturated rings. The van der Waals surface area contributed by atoms with Gasteiger partial charge in [-0.3, -0.25) is 4.79 Å². The standard InChI is InChI=1S/C10H21NO4/c1-11(8-10(14-3)15-4)7-5-6-9(12)13-2/h10H,5-8H2,1-4H3. The summed E-state index contributed by atoms with van der Waals surface area (Å²) in [4.78, 5) is 12.9. The summed E-state index contributed by atoms with van der Waals surface area (Å²) in [7, 11) is 6.58. The molecular formula is C10H21NO4. The molecule has 0 N–H and O–H groups in total. The maximum Gasteiger partial charge on any atom is 0.305 e. The molecule has 0 bridgehead atoms. The van der Waals surface area contributed by atoms with Crippen LogP contribution in [0.3, 0.4) is 0 Å². The minimum Gasteiger partial charge on any atom is -0.469 e. The predicted octanol–water partition coefficient (Wildman–Crippen LogP) is 0.490. The summed E-state index contributed by atoms with van der Waals surface area (Å²) in [5.41, 5.74) is 0. The third-order valence-electron chi connectivity index (χ3n) is 2.13. The first-order chi connectivity index (χ1) is 7.13. The van der Waals surface area contributed by atoms with Crippen LogP contribution in [0.5, 0.6) is 0 Å². The average molecular weight is 219 g/mol. The number of methoxy groups -OCH3 is 3. The van der Waals surface area contributed by atoms with Crippen molar-refractivity contribution in [3.63, 3.8) is 0 Å². The molecule has 5 nitrogen and oxygen atoms in total. The zero-order valence-corrected chi connectivity index (χ0v) is 9.99. The first kappa shape index (κ1) is 14.3. The minimum absolute atomic E-state index is 0.168. The maximum atomic E-state index is 10.8. The van der Waals surface area contributed by atoms with Crippen molar-refractivity contribution in [2.45, 2.75) is 19.1 Å². The molecule has 15 heavy (non-hydrogen) atoms. The second-order valence-electron chi connectivity index (χ2n) is 3.34. The van der Waals surface area contributed by atoms with Gasteiger partial charge in [-0.2, -0.15) is 0 Å². The topological polar surface area (TPSA) is 48.0 Å². The van der Waals surface area contributed by atoms with Crippen molar-refractivity contribution in [2.24, 2.45) is 0 Å². The summed E-state index contributed by atoms with van der Waals surface area (Å²) in [6, 6.07) is 0. The van der Waals surface area contributed by atoms with Gasteiger partial charge >= 0.3 is 5.97 Å². The number of hydrogen-bond acceptors (Lipinski definition) is 5. The highest BCUT2D eigenvalue weighted by atomic mass is 16.7. The van der Waals surface area contributed by atoms with Crippen molar-refractivity contribution in [3.05, 3.63) is 0 Å². The molecule has 0 saturated heterocycles. The molecule has 0 amide bonds. The molecule has 0 aliphatic carbocycles. The lowest BCUT2D eigenvalue weighted by atomic mass is 10.3. The normalized spacial score (nSPS) is 11.1. The smallest absolute Gasteiger partial charge is 0.305 e. The van der Waals surface area contributed by atoms with Gasteiger partial charge in [-0.25, -0.2) is 0 Å². The summed E-state index contributed by atoms with van der Waals surface area (Å²) < 4.78 is 14.7. The van der Waals surface area contributed by atoms with Gasteiger partial charge in [-0.05, 0) is 20.0 Å². The fourth-order valence-corrected chi connectivity index (χ4v) is 1.19. The van der Waals surface area contributed by atoms with Gasteiger partial charge in [-0.1, -0.05) is 0 Å². The quantitative estimate of drug-likeness (QED) is 0.439. The van der Waals surface area contributed by atoms with E-state index in [1.807, 2.05) is 7.05 Å². The molecule has 0 saturated carbocycles. The van der Waals surface area contributed by atoms with Crippen molar-refractivity contribution in [1.29, 1.82) is 0 Å². The van der Waals surface area contributed by atoms with Gasteiger partial charge in [0.2, 0.25) is 0 Å². The number of hydrogen-bond donors (Lipinski definition) is 0. The molecule has 0 aliphatic heterocycles. The zero-order valence-electron chi connectivity index (χ0n) is 9.99. The molecule has 0 aromatic carbocycles. The summed E-state index contributed by atoms with van der Waals surface area (Å²) in [5, 5.41) is 0. The Morgan fingerprint density at radius 2 is 1.87 bits per heavy atom. The number of rotatable bonds is 8. The average Bonchev–Trinajstić information content (AvgIpc) is 2.25. The SMILES string of the molecule is COC(=O)CCCN(C)CC(OC)OC. The van der Waals surface area contributed by atoms with Crippen molar-refractivity contribution >= 4 is 5.97 Å². The molecule has 0 atom stereocenters. The van der Waals surface area contributed by atoms with Crippen molar-refractivity contribution in [3.8, 4) is 0 Å². The van der Waals surface area contributed by atoms with Crippen LogP contribution in [-0.4, -0.2) is 58.6 Å². The van der Waals surface area contributed by atoms with Gasteiger partial charge in [0.1, 0.15) is 0 Å². The Morgan fingerprint density at radius 1 is 1.27 bits per heavy atom. The van der Waals surface area contributed by atoms with Gasteiger partial charge < -0.3 is 19.1 Å². The Labute approximate surface area is 91.3 Å². The molecule has 0 unspecified atom stereocenters. The molecule has 0 aromatic rings. The van der Waals surface area contributed by atoms with Crippen molar-refractivity contribution in [1.82, 2.24) is 4.90 Å². The highest BCUT2D eigenvalue weighted by Crippen LogP contribution is 1.98. The Hall–Kier alpha value is -0.650. The zero-order chi connectivity index (χ0) is 11.7. The van der Waals surface area contributed by atoms with E-state index in [-0.39, 0.29) is 12.3 Å². The van der Waals surface area contributed by atoms with Crippen LogP contribution < -0.4 is 0 Å². The Balaban J connectivity index is 3.56. The number of likely N-dealkylation sites (N-methyl/N-ethyl adjacent to an activating group) is 1. The van der Waals surface area contributed by atoms with Crippen LogP contribution in [0.25, 0.3) is 0 Å². The third kappa shape index (κ3) is 7.30. The van der Waals surface area contributed by atoms with Crippen molar-refractivity contribution < 1.29 is 19.0 Å². The Bertz CT molecular complexity index is 171. The van der Waals surface area contributed by atoms with Crippen LogP contribution in [0.1, 0.15) is 12.8 Å². The van der Waals surface area contributed by atoms with E-state index in [4.69, 9.17) is 9.47 Å². The first-order valence-corrected chi connectivity index (χ1v) is 4.95. The van der Waals surface area contributed by atoms with Crippen LogP contribution in [0.2, 0.25) is 0 Å². The molecule has 0 aromatic heterocycles. The fourth-order valence-electron chi connectivity index (χ4n) is 1.19. The van der Waals surface area contributed by atoms with Crippen molar-refractivity contribution in [2.75, 3.05) is 41.5 Å². The van der Waals surface area contributed by atoms with Gasteiger partial charge in [0, 0.05) is 27.2 Å². The summed E-state index contributed by atoms with van der Waals surface area (Å²) in [6.07, 6.45) is 1.02. The molecule has 90 valence electrons. The van der Waals surface area contributed by atoms with E-state index in [0.29, 0.717) is 13.0 Å². The van der Waals surface area contributed by atoms with Crippen LogP contribution in [0.15, 0.2) is 0 Å². The Morgan fingerprint density at radius 3 is 2.33 bits per heavy atom. The number of carbonyl (C=O) groups excluding carboxylic acids is 1. The lowest BCUT2D eigenvalue weighted by Crippen LogP contribution is -2.32. The van der Waals surface area contributed by atoms with E-state index in [0.717, 1.165) is 13.0 Å². The Kier molecular flexibility index (Phi) is 8.27. The van der Waals surface area contributed by atoms with E-state index in [9.17, 15) is 4.79 Å². The number of ether oxygens (including phenoxy) is 3. The highest BCUT2D eigenvalue weighted by molar-refractivity contribution is 5.69. The second kappa shape index (κ2) is 8.64. The number of esters is 1. The second-order valence-corrected chi connectivity index (χ2v) is 3.34. The van der Waals surface area contributed by atoms with E-state index < -0.39 is 0 Å². The van der Waals surface area contributed by atoms with Crippen LogP contribution in [0, 0.1) is 0 Å². The molecule has 5 heteroatoms. The van der Waals surface area contributed by atoms with Gasteiger partial charge in [0.05, 0.1) is 7.11 Å². The van der Waals surface area contributed by atoms with E-state index in [1.54, 1.807) is 14.2 Å². The van der Waals surface area contributed by atoms with Crippen LogP contribution in [-0.2, 0) is 19.0 Å². The molecule has 0 radical (unpaired) electrons. The maximum absolute atomic E-state index is 10.8. The summed E-state index contributed by atoms with van der Waals surface area (Å²) in [6.45, 7) is 1.51. The first-order valence-electron chi connectivity index (χ1n) is 4.95. The highest BCUT2D eigenvalue weighted by Gasteiger charge is 2.09. The minimum atomic E-state index is -0.215. The molecule has 0 heterocycles. The monoisotopic (exact) mass is 219 g/mol. The van der Waals surface area contributed by atoms with Gasteiger partial charge in [-0.15, -0.1) is 0 Å². The van der Waals surface area contributed by atoms with E-state index in [2.05, 4.69) is 9.64 Å². The third-order valence-corrected chi connectivity index (χ3v) is 2.13. The van der Waals surface area contributed by atoms with Crippen LogP contribution >= 0.6 is 0 Å². The lowest BCUT2D eigenvalue weighted by molar-refractivity contribution is -0.140. The fraction of sp³-hybridized carbons (Fsp3) is 0.900. The molecule has 0 aliphatic rings. The largest absolute Gasteiger partial charge is 0.469 e. The number of carbonyl (C=O) groups is 1. The molecule has 0 rings (SSSR count). The van der Waals surface area contributed by atoms with Gasteiger partial charge in [0.15, 0.2) is 6.29 Å². The summed E-state index contributed by atoms with van der Waals surface area (Å²) in [5.74, 6) is -0.168. The predicted molar refractivity (Wildman–Crippen MR) is 56.6 cm³/mol. The lowest BCUT2D eigenvalue weighted by Gasteiger charge is -2.21. The van der Waals surface area contributed by atoms with Gasteiger partial charge in [0.25, 0.3) is 0 Å². The van der Waals surface area contributed by atoms with E-state index >= 15 is 0 Å². The molecule has 0 spiro atoms. The summed E-state index contributed by atoms with van der Waals surface area (Å²) >= 11 is 0.